The van der Waals surface area contributed by atoms with E-state index in [9.17, 15) is 15.8 Å². The van der Waals surface area contributed by atoms with Crippen molar-refractivity contribution < 1.29 is 9.47 Å². The smallest absolute Gasteiger partial charge is 0.203 e. The third-order valence-corrected chi connectivity index (χ3v) is 5.69. The Hall–Kier alpha value is -3.30. The lowest BCUT2D eigenvalue weighted by Crippen LogP contribution is -2.47. The number of fused-ring (bicyclic) bond motifs is 1. The molecule has 0 spiro atoms. The lowest BCUT2D eigenvalue weighted by molar-refractivity contribution is 0.316. The van der Waals surface area contributed by atoms with Gasteiger partial charge in [-0.2, -0.15) is 15.8 Å². The third kappa shape index (κ3) is 2.56. The highest BCUT2D eigenvalue weighted by atomic mass is 16.5. The fourth-order valence-electron chi connectivity index (χ4n) is 4.50. The molecule has 0 aliphatic heterocycles. The number of nitrogens with one attached hydrogen (secondary N) is 1. The van der Waals surface area contributed by atoms with E-state index in [0.717, 1.165) is 24.8 Å². The van der Waals surface area contributed by atoms with Gasteiger partial charge in [0.2, 0.25) is 5.41 Å². The number of nitriles is 3. The first-order chi connectivity index (χ1) is 13.1. The zero-order valence-electron chi connectivity index (χ0n) is 15.3. The highest BCUT2D eigenvalue weighted by molar-refractivity contribution is 6.01. The van der Waals surface area contributed by atoms with Crippen LogP contribution in [-0.4, -0.2) is 19.9 Å². The summed E-state index contributed by atoms with van der Waals surface area (Å²) in [5.74, 6) is -0.335. The van der Waals surface area contributed by atoms with Gasteiger partial charge in [0.25, 0.3) is 0 Å². The topological polar surface area (TPSA) is 114 Å². The molecule has 1 unspecified atom stereocenters. The van der Waals surface area contributed by atoms with Crippen molar-refractivity contribution in [3.05, 3.63) is 35.4 Å². The van der Waals surface area contributed by atoms with Gasteiger partial charge in [-0.15, -0.1) is 0 Å². The Labute approximate surface area is 158 Å². The zero-order valence-corrected chi connectivity index (χ0v) is 15.3. The Morgan fingerprint density at radius 2 is 1.89 bits per heavy atom. The van der Waals surface area contributed by atoms with Crippen molar-refractivity contribution in [2.45, 2.75) is 25.2 Å². The van der Waals surface area contributed by atoms with Crippen LogP contribution in [0.25, 0.3) is 0 Å². The molecule has 1 aromatic carbocycles. The van der Waals surface area contributed by atoms with E-state index in [-0.39, 0.29) is 17.5 Å². The Balaban J connectivity index is 2.27. The number of hydrogen-bond acceptors (Lipinski definition) is 6. The first kappa shape index (κ1) is 18.5. The van der Waals surface area contributed by atoms with Gasteiger partial charge in [0.15, 0.2) is 11.5 Å². The summed E-state index contributed by atoms with van der Waals surface area (Å²) in [7, 11) is 3.10. The fraction of sp³-hybridized carbons (Fsp3) is 0.429. The summed E-state index contributed by atoms with van der Waals surface area (Å²) < 4.78 is 11.0. The van der Waals surface area contributed by atoms with Gasteiger partial charge in [0, 0.05) is 11.5 Å². The van der Waals surface area contributed by atoms with Crippen molar-refractivity contribution in [3.8, 4) is 29.7 Å². The summed E-state index contributed by atoms with van der Waals surface area (Å²) in [5, 5.41) is 38.1. The number of allylic oxidation sites excluding steroid dienone is 2. The van der Waals surface area contributed by atoms with Gasteiger partial charge in [0.05, 0.1) is 44.1 Å². The average molecular weight is 360 g/mol. The molecular weight excluding hydrogens is 340 g/mol. The lowest BCUT2D eigenvalue weighted by atomic mass is 9.54. The number of methoxy groups -OCH3 is 2. The maximum atomic E-state index is 9.90. The number of para-hydroxylation sites is 1. The highest BCUT2D eigenvalue weighted by Crippen LogP contribution is 2.56. The number of nitrogens with zero attached hydrogens (tertiary/aromatic N) is 3. The second-order valence-electron chi connectivity index (χ2n) is 6.80. The summed E-state index contributed by atoms with van der Waals surface area (Å²) in [6.45, 7) is 0. The summed E-state index contributed by atoms with van der Waals surface area (Å²) in [4.78, 5) is 0. The molecule has 0 bridgehead atoms. The minimum absolute atomic E-state index is 0.144. The van der Waals surface area contributed by atoms with Crippen LogP contribution in [0.4, 0.5) is 0 Å². The van der Waals surface area contributed by atoms with Crippen molar-refractivity contribution in [3.63, 3.8) is 0 Å². The van der Waals surface area contributed by atoms with Gasteiger partial charge in [-0.05, 0) is 36.8 Å². The third-order valence-electron chi connectivity index (χ3n) is 5.69. The van der Waals surface area contributed by atoms with Crippen LogP contribution in [0, 0.1) is 56.7 Å². The quantitative estimate of drug-likeness (QED) is 0.825. The normalized spacial score (nSPS) is 25.8. The molecule has 1 fully saturated rings. The van der Waals surface area contributed by atoms with Crippen LogP contribution < -0.4 is 9.47 Å². The second-order valence-corrected chi connectivity index (χ2v) is 6.80. The fourth-order valence-corrected chi connectivity index (χ4v) is 4.50. The van der Waals surface area contributed by atoms with Gasteiger partial charge < -0.3 is 14.9 Å². The Kier molecular flexibility index (Phi) is 4.89. The van der Waals surface area contributed by atoms with E-state index in [4.69, 9.17) is 14.9 Å². The number of hydrogen-bond donors (Lipinski definition) is 1. The second kappa shape index (κ2) is 7.14. The number of benzene rings is 1. The predicted octanol–water partition coefficient (Wildman–Crippen LogP) is 3.72. The number of rotatable bonds is 3. The largest absolute Gasteiger partial charge is 0.493 e. The summed E-state index contributed by atoms with van der Waals surface area (Å²) in [6, 6.07) is 11.8. The minimum atomic E-state index is -1.66. The van der Waals surface area contributed by atoms with Crippen LogP contribution >= 0.6 is 0 Å². The molecule has 0 amide bonds. The molecule has 3 atom stereocenters. The van der Waals surface area contributed by atoms with Crippen LogP contribution in [-0.2, 0) is 0 Å². The summed E-state index contributed by atoms with van der Waals surface area (Å²) in [6.07, 6.45) is 4.36. The predicted molar refractivity (Wildman–Crippen MR) is 98.2 cm³/mol. The van der Waals surface area contributed by atoms with Crippen molar-refractivity contribution in [2.24, 2.45) is 17.3 Å². The monoisotopic (exact) mass is 360 g/mol. The summed E-state index contributed by atoms with van der Waals surface area (Å²) >= 11 is 0. The molecule has 2 aliphatic rings. The Morgan fingerprint density at radius 1 is 1.15 bits per heavy atom. The van der Waals surface area contributed by atoms with Crippen molar-refractivity contribution in [1.82, 2.24) is 0 Å². The van der Waals surface area contributed by atoms with E-state index >= 15 is 0 Å². The first-order valence-electron chi connectivity index (χ1n) is 8.82. The van der Waals surface area contributed by atoms with Crippen molar-refractivity contribution >= 4 is 5.71 Å². The van der Waals surface area contributed by atoms with E-state index in [1.165, 1.54) is 0 Å². The molecule has 6 nitrogen and oxygen atoms in total. The molecule has 0 heterocycles. The van der Waals surface area contributed by atoms with Gasteiger partial charge >= 0.3 is 0 Å². The van der Waals surface area contributed by atoms with Gasteiger partial charge in [-0.1, -0.05) is 18.2 Å². The average Bonchev–Trinajstić information content (AvgIpc) is 2.72. The van der Waals surface area contributed by atoms with Crippen LogP contribution in [0.3, 0.4) is 0 Å². The van der Waals surface area contributed by atoms with Crippen LogP contribution in [0.5, 0.6) is 11.5 Å². The molecule has 6 heteroatoms. The molecule has 1 aromatic rings. The lowest BCUT2D eigenvalue weighted by Gasteiger charge is -2.45. The van der Waals surface area contributed by atoms with Gasteiger partial charge in [-0.25, -0.2) is 0 Å². The molecule has 136 valence electrons. The summed E-state index contributed by atoms with van der Waals surface area (Å²) in [5.41, 5.74) is -0.372. The molecule has 1 N–H and O–H groups in total. The zero-order chi connectivity index (χ0) is 19.6. The minimum Gasteiger partial charge on any atom is -0.493 e. The molecule has 0 radical (unpaired) electrons. The van der Waals surface area contributed by atoms with E-state index in [0.29, 0.717) is 17.1 Å². The maximum absolute atomic E-state index is 9.90. The van der Waals surface area contributed by atoms with Gasteiger partial charge in [-0.3, -0.25) is 0 Å². The van der Waals surface area contributed by atoms with Crippen molar-refractivity contribution in [2.75, 3.05) is 14.2 Å². The Morgan fingerprint density at radius 3 is 2.48 bits per heavy atom. The molecule has 0 saturated heterocycles. The highest BCUT2D eigenvalue weighted by Gasteiger charge is 2.56. The molecule has 1 saturated carbocycles. The van der Waals surface area contributed by atoms with E-state index in [1.807, 2.05) is 30.3 Å². The standard InChI is InChI=1S/C21H20N4O2/c1-26-17-9-5-7-14(19(17)27-2)18-13-6-3-4-8-16(13)21(11-23,12-24)20(25)15(18)10-22/h5,7-9,13,15,18,25H,3-4,6H2,1-2H3/t13-,15?,18-/m0/s1. The first-order valence-corrected chi connectivity index (χ1v) is 8.82. The van der Waals surface area contributed by atoms with Crippen LogP contribution in [0.1, 0.15) is 30.7 Å². The molecular formula is C21H20N4O2. The van der Waals surface area contributed by atoms with Crippen LogP contribution in [0.15, 0.2) is 29.8 Å². The molecule has 0 aromatic heterocycles. The van der Waals surface area contributed by atoms with Gasteiger partial charge in [0.1, 0.15) is 0 Å². The molecule has 2 aliphatic carbocycles. The maximum Gasteiger partial charge on any atom is 0.203 e. The SMILES string of the molecule is COc1cccc([C@H]2C(C#N)C(=N)C(C#N)(C#N)C3=CCCC[C@@H]32)c1OC. The van der Waals surface area contributed by atoms with E-state index in [1.54, 1.807) is 20.3 Å². The van der Waals surface area contributed by atoms with E-state index < -0.39 is 11.3 Å². The number of ether oxygens (including phenoxy) is 2. The van der Waals surface area contributed by atoms with Crippen LogP contribution in [0.2, 0.25) is 0 Å². The Bertz CT molecular complexity index is 915. The van der Waals surface area contributed by atoms with Crippen molar-refractivity contribution in [1.29, 1.82) is 21.2 Å². The molecule has 27 heavy (non-hydrogen) atoms. The van der Waals surface area contributed by atoms with E-state index in [2.05, 4.69) is 6.07 Å². The molecule has 3 rings (SSSR count).